The van der Waals surface area contributed by atoms with Gasteiger partial charge in [-0.2, -0.15) is 5.10 Å². The summed E-state index contributed by atoms with van der Waals surface area (Å²) in [6.45, 7) is 2.57. The summed E-state index contributed by atoms with van der Waals surface area (Å²) in [6.07, 6.45) is 4.85. The maximum atomic E-state index is 5.28. The van der Waals surface area contributed by atoms with Crippen molar-refractivity contribution in [3.05, 3.63) is 54.4 Å². The third-order valence-electron chi connectivity index (χ3n) is 3.05. The second kappa shape index (κ2) is 7.71. The van der Waals surface area contributed by atoms with Gasteiger partial charge in [-0.1, -0.05) is 30.3 Å². The van der Waals surface area contributed by atoms with E-state index in [0.29, 0.717) is 6.61 Å². The smallest absolute Gasteiger partial charge is 0.0657 e. The maximum absolute atomic E-state index is 5.28. The molecule has 1 unspecified atom stereocenters. The Morgan fingerprint density at radius 1 is 1.26 bits per heavy atom. The van der Waals surface area contributed by atoms with Gasteiger partial charge in [0, 0.05) is 26.0 Å². The molecule has 0 saturated carbocycles. The summed E-state index contributed by atoms with van der Waals surface area (Å²) in [7, 11) is 1.74. The third kappa shape index (κ3) is 4.50. The number of aromatic nitrogens is 2. The number of aryl methyl sites for hydroxylation is 1. The Hall–Kier alpha value is -1.65. The molecule has 1 N–H and O–H groups in total. The number of methoxy groups -OCH3 is 1. The lowest BCUT2D eigenvalue weighted by molar-refractivity contribution is 0.166. The second-order valence-electron chi connectivity index (χ2n) is 4.50. The van der Waals surface area contributed by atoms with Crippen molar-refractivity contribution >= 4 is 0 Å². The van der Waals surface area contributed by atoms with Crippen LogP contribution in [0.5, 0.6) is 0 Å². The van der Waals surface area contributed by atoms with Gasteiger partial charge in [-0.05, 0) is 24.6 Å². The zero-order valence-corrected chi connectivity index (χ0v) is 11.3. The summed E-state index contributed by atoms with van der Waals surface area (Å²) in [6, 6.07) is 12.6. The van der Waals surface area contributed by atoms with Crippen molar-refractivity contribution in [3.63, 3.8) is 0 Å². The van der Waals surface area contributed by atoms with E-state index in [1.165, 1.54) is 5.56 Å². The molecule has 1 aromatic carbocycles. The minimum Gasteiger partial charge on any atom is -0.383 e. The lowest BCUT2D eigenvalue weighted by Crippen LogP contribution is -2.26. The zero-order valence-electron chi connectivity index (χ0n) is 11.3. The number of nitrogens with zero attached hydrogens (tertiary/aromatic N) is 2. The summed E-state index contributed by atoms with van der Waals surface area (Å²) in [4.78, 5) is 0. The Morgan fingerprint density at radius 3 is 2.79 bits per heavy atom. The molecular weight excluding hydrogens is 238 g/mol. The van der Waals surface area contributed by atoms with Gasteiger partial charge < -0.3 is 10.1 Å². The summed E-state index contributed by atoms with van der Waals surface area (Å²) >= 11 is 0. The first-order valence-corrected chi connectivity index (χ1v) is 6.65. The summed E-state index contributed by atoms with van der Waals surface area (Å²) in [5.41, 5.74) is 1.27. The van der Waals surface area contributed by atoms with E-state index in [4.69, 9.17) is 4.74 Å². The van der Waals surface area contributed by atoms with E-state index in [1.54, 1.807) is 7.11 Å². The minimum absolute atomic E-state index is 0.254. The molecular formula is C15H21N3O. The van der Waals surface area contributed by atoms with Crippen molar-refractivity contribution in [1.82, 2.24) is 15.1 Å². The first-order valence-electron chi connectivity index (χ1n) is 6.65. The molecule has 1 heterocycles. The lowest BCUT2D eigenvalue weighted by Gasteiger charge is -2.18. The molecule has 2 rings (SSSR count). The molecule has 2 aromatic rings. The largest absolute Gasteiger partial charge is 0.383 e. The van der Waals surface area contributed by atoms with Crippen molar-refractivity contribution < 1.29 is 4.74 Å². The molecule has 0 aliphatic carbocycles. The molecule has 0 radical (unpaired) electrons. The normalized spacial score (nSPS) is 12.5. The lowest BCUT2D eigenvalue weighted by atomic mass is 10.1. The van der Waals surface area contributed by atoms with Gasteiger partial charge in [0.15, 0.2) is 0 Å². The molecule has 0 fully saturated rings. The molecule has 102 valence electrons. The van der Waals surface area contributed by atoms with E-state index in [9.17, 15) is 0 Å². The Labute approximate surface area is 114 Å². The van der Waals surface area contributed by atoms with Gasteiger partial charge in [0.05, 0.1) is 12.6 Å². The molecule has 4 nitrogen and oxygen atoms in total. The standard InChI is InChI=1S/C15H21N3O/c1-19-13-15(14-7-3-2-4-8-14)16-9-5-11-18-12-6-10-17-18/h2-4,6-8,10,12,15-16H,5,9,11,13H2,1H3. The van der Waals surface area contributed by atoms with E-state index < -0.39 is 0 Å². The molecule has 0 amide bonds. The van der Waals surface area contributed by atoms with Crippen LogP contribution in [-0.2, 0) is 11.3 Å². The Kier molecular flexibility index (Phi) is 5.59. The maximum Gasteiger partial charge on any atom is 0.0657 e. The predicted molar refractivity (Wildman–Crippen MR) is 75.9 cm³/mol. The van der Waals surface area contributed by atoms with Crippen LogP contribution >= 0.6 is 0 Å². The second-order valence-corrected chi connectivity index (χ2v) is 4.50. The number of nitrogens with one attached hydrogen (secondary N) is 1. The van der Waals surface area contributed by atoms with Gasteiger partial charge in [-0.3, -0.25) is 4.68 Å². The van der Waals surface area contributed by atoms with Gasteiger partial charge in [-0.15, -0.1) is 0 Å². The summed E-state index contributed by atoms with van der Waals surface area (Å²) in [5.74, 6) is 0. The highest BCUT2D eigenvalue weighted by atomic mass is 16.5. The van der Waals surface area contributed by atoms with Crippen molar-refractivity contribution in [2.75, 3.05) is 20.3 Å². The van der Waals surface area contributed by atoms with Gasteiger partial charge in [0.1, 0.15) is 0 Å². The summed E-state index contributed by atoms with van der Waals surface area (Å²) in [5, 5.41) is 7.72. The molecule has 0 spiro atoms. The van der Waals surface area contributed by atoms with E-state index in [-0.39, 0.29) is 6.04 Å². The number of ether oxygens (including phenoxy) is 1. The van der Waals surface area contributed by atoms with Crippen LogP contribution in [0, 0.1) is 0 Å². The average molecular weight is 259 g/mol. The van der Waals surface area contributed by atoms with Crippen molar-refractivity contribution in [2.24, 2.45) is 0 Å². The molecule has 19 heavy (non-hydrogen) atoms. The number of benzene rings is 1. The molecule has 1 atom stereocenters. The van der Waals surface area contributed by atoms with Crippen LogP contribution in [0.2, 0.25) is 0 Å². The van der Waals surface area contributed by atoms with Crippen LogP contribution in [0.15, 0.2) is 48.8 Å². The van der Waals surface area contributed by atoms with Crippen LogP contribution in [0.25, 0.3) is 0 Å². The zero-order chi connectivity index (χ0) is 13.3. The molecule has 0 aliphatic heterocycles. The fourth-order valence-electron chi connectivity index (χ4n) is 2.08. The molecule has 0 saturated heterocycles. The van der Waals surface area contributed by atoms with Crippen molar-refractivity contribution in [2.45, 2.75) is 19.0 Å². The highest BCUT2D eigenvalue weighted by molar-refractivity contribution is 5.18. The third-order valence-corrected chi connectivity index (χ3v) is 3.05. The van der Waals surface area contributed by atoms with E-state index in [2.05, 4.69) is 34.7 Å². The average Bonchev–Trinajstić information content (AvgIpc) is 2.96. The predicted octanol–water partition coefficient (Wildman–Crippen LogP) is 2.25. The van der Waals surface area contributed by atoms with Crippen LogP contribution < -0.4 is 5.32 Å². The fraction of sp³-hybridized carbons (Fsp3) is 0.400. The minimum atomic E-state index is 0.254. The van der Waals surface area contributed by atoms with Crippen LogP contribution in [0.3, 0.4) is 0 Å². The quantitative estimate of drug-likeness (QED) is 0.739. The van der Waals surface area contributed by atoms with Crippen LogP contribution in [0.1, 0.15) is 18.0 Å². The van der Waals surface area contributed by atoms with Gasteiger partial charge in [0.25, 0.3) is 0 Å². The Bertz CT molecular complexity index is 442. The Balaban J connectivity index is 1.77. The molecule has 0 bridgehead atoms. The fourth-order valence-corrected chi connectivity index (χ4v) is 2.08. The first kappa shape index (κ1) is 13.8. The van der Waals surface area contributed by atoms with Gasteiger partial charge >= 0.3 is 0 Å². The first-order chi connectivity index (χ1) is 9.40. The van der Waals surface area contributed by atoms with Gasteiger partial charge in [0.2, 0.25) is 0 Å². The van der Waals surface area contributed by atoms with E-state index in [1.807, 2.05) is 29.2 Å². The monoisotopic (exact) mass is 259 g/mol. The molecule has 0 aliphatic rings. The summed E-state index contributed by atoms with van der Waals surface area (Å²) < 4.78 is 7.24. The number of hydrogen-bond donors (Lipinski definition) is 1. The topological polar surface area (TPSA) is 39.1 Å². The van der Waals surface area contributed by atoms with E-state index >= 15 is 0 Å². The van der Waals surface area contributed by atoms with Crippen molar-refractivity contribution in [3.8, 4) is 0 Å². The molecule has 4 heteroatoms. The van der Waals surface area contributed by atoms with E-state index in [0.717, 1.165) is 19.5 Å². The van der Waals surface area contributed by atoms with Crippen LogP contribution in [-0.4, -0.2) is 30.0 Å². The van der Waals surface area contributed by atoms with Crippen LogP contribution in [0.4, 0.5) is 0 Å². The van der Waals surface area contributed by atoms with Crippen molar-refractivity contribution in [1.29, 1.82) is 0 Å². The highest BCUT2D eigenvalue weighted by Gasteiger charge is 2.09. The molecule has 1 aromatic heterocycles. The Morgan fingerprint density at radius 2 is 2.11 bits per heavy atom. The highest BCUT2D eigenvalue weighted by Crippen LogP contribution is 2.12. The number of rotatable bonds is 8. The van der Waals surface area contributed by atoms with Gasteiger partial charge in [-0.25, -0.2) is 0 Å². The SMILES string of the molecule is COCC(NCCCn1cccn1)c1ccccc1. The number of hydrogen-bond acceptors (Lipinski definition) is 3.